The Morgan fingerprint density at radius 2 is 1.71 bits per heavy atom. The fourth-order valence-corrected chi connectivity index (χ4v) is 1.76. The number of hydrogen-bond donors (Lipinski definition) is 3. The number of rotatable bonds is 6. The molecule has 1 atom stereocenters. The van der Waals surface area contributed by atoms with Gasteiger partial charge < -0.3 is 15.5 Å². The van der Waals surface area contributed by atoms with Crippen LogP contribution < -0.4 is 16.2 Å². The minimum absolute atomic E-state index is 0.311. The van der Waals surface area contributed by atoms with Gasteiger partial charge in [-0.1, -0.05) is 18.2 Å². The molecule has 1 aromatic carbocycles. The van der Waals surface area contributed by atoms with Crippen LogP contribution in [-0.4, -0.2) is 34.9 Å². The van der Waals surface area contributed by atoms with Gasteiger partial charge in [0.1, 0.15) is 0 Å². The van der Waals surface area contributed by atoms with Gasteiger partial charge in [-0.25, -0.2) is 14.8 Å². The average molecular weight is 341 g/mol. The molecule has 0 saturated heterocycles. The quantitative estimate of drug-likeness (QED) is 0.420. The minimum Gasteiger partial charge on any atom is -0.466 e. The lowest BCUT2D eigenvalue weighted by Crippen LogP contribution is -2.69. The van der Waals surface area contributed by atoms with Crippen molar-refractivity contribution in [1.82, 2.24) is 15.4 Å². The number of esters is 1. The molecule has 24 heavy (non-hydrogen) atoms. The number of methoxy groups -OCH3 is 1. The summed E-state index contributed by atoms with van der Waals surface area (Å²) < 4.78 is 45.4. The SMILES string of the molecule is COC(=O)[C@@](NNc1ccccc1)(Nc1ncccn1)C(F)(F)F. The van der Waals surface area contributed by atoms with Crippen LogP contribution in [-0.2, 0) is 9.53 Å². The Bertz CT molecular complexity index is 669. The second-order valence-electron chi connectivity index (χ2n) is 4.55. The summed E-state index contributed by atoms with van der Waals surface area (Å²) >= 11 is 0. The highest BCUT2D eigenvalue weighted by molar-refractivity contribution is 5.84. The number of ether oxygens (including phenoxy) is 1. The lowest BCUT2D eigenvalue weighted by molar-refractivity contribution is -0.204. The molecule has 0 aliphatic carbocycles. The predicted molar refractivity (Wildman–Crippen MR) is 79.7 cm³/mol. The Morgan fingerprint density at radius 1 is 1.08 bits per heavy atom. The molecule has 1 aromatic heterocycles. The molecule has 128 valence electrons. The molecule has 0 amide bonds. The van der Waals surface area contributed by atoms with E-state index < -0.39 is 23.8 Å². The third-order valence-corrected chi connectivity index (χ3v) is 2.95. The number of carbonyl (C=O) groups excluding carboxylic acids is 1. The van der Waals surface area contributed by atoms with Crippen molar-refractivity contribution in [2.24, 2.45) is 0 Å². The summed E-state index contributed by atoms with van der Waals surface area (Å²) in [5.74, 6) is -2.01. The number of carbonyl (C=O) groups is 1. The number of para-hydroxylation sites is 1. The van der Waals surface area contributed by atoms with Crippen LogP contribution >= 0.6 is 0 Å². The first-order valence-electron chi connectivity index (χ1n) is 6.67. The molecule has 0 radical (unpaired) electrons. The first-order chi connectivity index (χ1) is 11.4. The zero-order valence-corrected chi connectivity index (χ0v) is 12.5. The van der Waals surface area contributed by atoms with E-state index in [2.05, 4.69) is 20.1 Å². The van der Waals surface area contributed by atoms with Gasteiger partial charge >= 0.3 is 17.8 Å². The van der Waals surface area contributed by atoms with Crippen molar-refractivity contribution < 1.29 is 22.7 Å². The van der Waals surface area contributed by atoms with Crippen LogP contribution in [0.3, 0.4) is 0 Å². The summed E-state index contributed by atoms with van der Waals surface area (Å²) in [5, 5.41) is 1.96. The Balaban J connectivity index is 2.36. The Morgan fingerprint density at radius 3 is 2.25 bits per heavy atom. The van der Waals surface area contributed by atoms with Crippen LogP contribution in [0.15, 0.2) is 48.8 Å². The molecule has 1 heterocycles. The third-order valence-electron chi connectivity index (χ3n) is 2.95. The fraction of sp³-hybridized carbons (Fsp3) is 0.214. The summed E-state index contributed by atoms with van der Waals surface area (Å²) in [6.07, 6.45) is -2.60. The summed E-state index contributed by atoms with van der Waals surface area (Å²) in [5.41, 5.74) is 1.30. The second kappa shape index (κ2) is 7.13. The van der Waals surface area contributed by atoms with E-state index in [0.717, 1.165) is 7.11 Å². The zero-order valence-electron chi connectivity index (χ0n) is 12.5. The van der Waals surface area contributed by atoms with Crippen molar-refractivity contribution in [3.05, 3.63) is 48.8 Å². The second-order valence-corrected chi connectivity index (χ2v) is 4.55. The molecule has 0 unspecified atom stereocenters. The molecule has 0 fully saturated rings. The maximum Gasteiger partial charge on any atom is 0.438 e. The number of nitrogens with zero attached hydrogens (tertiary/aromatic N) is 2. The maximum atomic E-state index is 13.7. The van der Waals surface area contributed by atoms with Gasteiger partial charge in [-0.05, 0) is 18.2 Å². The lowest BCUT2D eigenvalue weighted by Gasteiger charge is -2.34. The highest BCUT2D eigenvalue weighted by Gasteiger charge is 2.63. The molecule has 0 bridgehead atoms. The van der Waals surface area contributed by atoms with E-state index in [9.17, 15) is 18.0 Å². The third kappa shape index (κ3) is 3.71. The lowest BCUT2D eigenvalue weighted by atomic mass is 10.1. The van der Waals surface area contributed by atoms with Crippen molar-refractivity contribution in [2.75, 3.05) is 17.9 Å². The van der Waals surface area contributed by atoms with Gasteiger partial charge in [-0.15, -0.1) is 0 Å². The predicted octanol–water partition coefficient (Wildman–Crippen LogP) is 1.94. The van der Waals surface area contributed by atoms with Crippen LogP contribution in [0, 0.1) is 0 Å². The first kappa shape index (κ1) is 17.5. The average Bonchev–Trinajstić information content (AvgIpc) is 2.58. The molecule has 2 aromatic rings. The van der Waals surface area contributed by atoms with E-state index in [0.29, 0.717) is 5.69 Å². The molecule has 0 spiro atoms. The smallest absolute Gasteiger partial charge is 0.438 e. The van der Waals surface area contributed by atoms with Gasteiger partial charge in [0, 0.05) is 18.1 Å². The molecular formula is C14H14F3N5O2. The fourth-order valence-electron chi connectivity index (χ4n) is 1.76. The Kier molecular flexibility index (Phi) is 5.19. The van der Waals surface area contributed by atoms with Crippen LogP contribution in [0.1, 0.15) is 0 Å². The van der Waals surface area contributed by atoms with E-state index in [4.69, 9.17) is 0 Å². The van der Waals surface area contributed by atoms with E-state index in [1.807, 2.05) is 10.7 Å². The molecule has 0 aliphatic rings. The summed E-state index contributed by atoms with van der Waals surface area (Å²) in [6, 6.07) is 9.39. The van der Waals surface area contributed by atoms with E-state index in [1.54, 1.807) is 18.2 Å². The molecule has 2 rings (SSSR count). The Hall–Kier alpha value is -2.88. The first-order valence-corrected chi connectivity index (χ1v) is 6.67. The maximum absolute atomic E-state index is 13.7. The number of alkyl halides is 3. The summed E-state index contributed by atoms with van der Waals surface area (Å²) in [6.45, 7) is 0. The Labute approximate surface area is 135 Å². The number of aromatic nitrogens is 2. The van der Waals surface area contributed by atoms with E-state index in [-0.39, 0.29) is 0 Å². The zero-order chi connectivity index (χ0) is 17.6. The van der Waals surface area contributed by atoms with Crippen LogP contribution in [0.25, 0.3) is 0 Å². The van der Waals surface area contributed by atoms with Crippen molar-refractivity contribution in [3.63, 3.8) is 0 Å². The number of hydrogen-bond acceptors (Lipinski definition) is 7. The monoisotopic (exact) mass is 341 g/mol. The van der Waals surface area contributed by atoms with Gasteiger partial charge in [-0.2, -0.15) is 18.6 Å². The number of benzene rings is 1. The molecule has 3 N–H and O–H groups in total. The standard InChI is InChI=1S/C14H14F3N5O2/c1-24-11(23)13(14(15,16)17,20-12-18-8-5-9-19-12)22-21-10-6-3-2-4-7-10/h2-9,21-22H,1H3,(H,18,19,20)/t13-/m0/s1. The molecule has 7 nitrogen and oxygen atoms in total. The molecule has 0 saturated carbocycles. The summed E-state index contributed by atoms with van der Waals surface area (Å²) in [7, 11) is 0.848. The topological polar surface area (TPSA) is 88.2 Å². The van der Waals surface area contributed by atoms with E-state index >= 15 is 0 Å². The van der Waals surface area contributed by atoms with Gasteiger partial charge in [0.2, 0.25) is 5.95 Å². The summed E-state index contributed by atoms with van der Waals surface area (Å²) in [4.78, 5) is 19.2. The number of hydrazine groups is 1. The van der Waals surface area contributed by atoms with Gasteiger partial charge in [0.15, 0.2) is 0 Å². The number of anilines is 2. The normalized spacial score (nSPS) is 13.7. The largest absolute Gasteiger partial charge is 0.466 e. The van der Waals surface area contributed by atoms with Gasteiger partial charge in [0.25, 0.3) is 0 Å². The van der Waals surface area contributed by atoms with Crippen LogP contribution in [0.5, 0.6) is 0 Å². The number of nitrogens with one attached hydrogen (secondary N) is 3. The molecule has 0 aliphatic heterocycles. The van der Waals surface area contributed by atoms with Gasteiger partial charge in [0.05, 0.1) is 7.11 Å². The van der Waals surface area contributed by atoms with Crippen molar-refractivity contribution >= 4 is 17.6 Å². The molecule has 10 heteroatoms. The van der Waals surface area contributed by atoms with Crippen LogP contribution in [0.2, 0.25) is 0 Å². The van der Waals surface area contributed by atoms with Crippen molar-refractivity contribution in [1.29, 1.82) is 0 Å². The highest BCUT2D eigenvalue weighted by Crippen LogP contribution is 2.32. The van der Waals surface area contributed by atoms with Crippen LogP contribution in [0.4, 0.5) is 24.8 Å². The highest BCUT2D eigenvalue weighted by atomic mass is 19.4. The van der Waals surface area contributed by atoms with Gasteiger partial charge in [-0.3, -0.25) is 0 Å². The minimum atomic E-state index is -5.07. The van der Waals surface area contributed by atoms with Crippen molar-refractivity contribution in [3.8, 4) is 0 Å². The molecular weight excluding hydrogens is 327 g/mol. The van der Waals surface area contributed by atoms with Crippen molar-refractivity contribution in [2.45, 2.75) is 11.8 Å². The number of halogens is 3. The van der Waals surface area contributed by atoms with E-state index in [1.165, 1.54) is 30.6 Å².